The van der Waals surface area contributed by atoms with Gasteiger partial charge in [0.15, 0.2) is 11.5 Å². The van der Waals surface area contributed by atoms with Crippen LogP contribution in [0.4, 0.5) is 0 Å². The van der Waals surface area contributed by atoms with Crippen LogP contribution < -0.4 is 15.2 Å². The van der Waals surface area contributed by atoms with E-state index in [1.165, 1.54) is 0 Å². The van der Waals surface area contributed by atoms with E-state index in [0.29, 0.717) is 23.7 Å². The van der Waals surface area contributed by atoms with Gasteiger partial charge in [-0.05, 0) is 12.1 Å². The second-order valence-corrected chi connectivity index (χ2v) is 3.41. The normalized spacial score (nSPS) is 18.6. The van der Waals surface area contributed by atoms with Crippen LogP contribution in [0.2, 0.25) is 0 Å². The Morgan fingerprint density at radius 1 is 1.60 bits per heavy atom. The zero-order chi connectivity index (χ0) is 10.8. The van der Waals surface area contributed by atoms with Crippen LogP contribution in [0, 0.1) is 11.3 Å². The third kappa shape index (κ3) is 1.51. The number of fused-ring (bicyclic) bond motifs is 1. The van der Waals surface area contributed by atoms with Crippen molar-refractivity contribution in [3.05, 3.63) is 23.3 Å². The van der Waals surface area contributed by atoms with E-state index < -0.39 is 0 Å². The molecule has 0 bridgehead atoms. The van der Waals surface area contributed by atoms with Gasteiger partial charge >= 0.3 is 0 Å². The van der Waals surface area contributed by atoms with E-state index in [2.05, 4.69) is 6.07 Å². The van der Waals surface area contributed by atoms with Gasteiger partial charge in [0.25, 0.3) is 0 Å². The Bertz CT molecular complexity index is 423. The second kappa shape index (κ2) is 3.79. The minimum atomic E-state index is -0.140. The maximum Gasteiger partial charge on any atom is 0.167 e. The molecule has 0 aromatic heterocycles. The fraction of sp³-hybridized carbons (Fsp3) is 0.364. The molecule has 1 aromatic carbocycles. The Labute approximate surface area is 88.2 Å². The quantitative estimate of drug-likeness (QED) is 0.749. The smallest absolute Gasteiger partial charge is 0.167 e. The van der Waals surface area contributed by atoms with Gasteiger partial charge in [0.1, 0.15) is 0 Å². The molecule has 0 radical (unpaired) electrons. The van der Waals surface area contributed by atoms with Gasteiger partial charge in [0, 0.05) is 18.0 Å². The molecule has 0 saturated heterocycles. The molecule has 1 atom stereocenters. The molecule has 0 unspecified atom stereocenters. The lowest BCUT2D eigenvalue weighted by Gasteiger charge is -2.25. The van der Waals surface area contributed by atoms with Crippen LogP contribution >= 0.6 is 0 Å². The lowest BCUT2D eigenvalue weighted by molar-refractivity contribution is 0.252. The molecule has 0 spiro atoms. The first-order valence-electron chi connectivity index (χ1n) is 4.77. The van der Waals surface area contributed by atoms with Crippen molar-refractivity contribution in [1.82, 2.24) is 0 Å². The van der Waals surface area contributed by atoms with Crippen LogP contribution in [0.15, 0.2) is 12.1 Å². The molecule has 4 heteroatoms. The summed E-state index contributed by atoms with van der Waals surface area (Å²) in [7, 11) is 1.57. The number of ether oxygens (including phenoxy) is 2. The van der Waals surface area contributed by atoms with Gasteiger partial charge in [0.2, 0.25) is 0 Å². The predicted molar refractivity (Wildman–Crippen MR) is 54.7 cm³/mol. The summed E-state index contributed by atoms with van der Waals surface area (Å²) in [6.45, 7) is 0.569. The fourth-order valence-electron chi connectivity index (χ4n) is 1.79. The number of hydrogen-bond acceptors (Lipinski definition) is 4. The zero-order valence-corrected chi connectivity index (χ0v) is 8.49. The first kappa shape index (κ1) is 9.81. The summed E-state index contributed by atoms with van der Waals surface area (Å²) in [5, 5.41) is 8.97. The van der Waals surface area contributed by atoms with Gasteiger partial charge in [-0.15, -0.1) is 0 Å². The van der Waals surface area contributed by atoms with Crippen molar-refractivity contribution >= 4 is 0 Å². The molecule has 2 rings (SSSR count). The maximum atomic E-state index is 8.97. The number of benzene rings is 1. The van der Waals surface area contributed by atoms with E-state index in [4.69, 9.17) is 20.5 Å². The predicted octanol–water partition coefficient (Wildman–Crippen LogP) is 1.35. The standard InChI is InChI=1S/C11H12N2O2/c1-14-9-3-2-7(6-12)10-8(13)4-5-15-11(9)10/h2-3,8H,4-5,13H2,1H3/t8-/m1/s1. The lowest BCUT2D eigenvalue weighted by Crippen LogP contribution is -2.22. The van der Waals surface area contributed by atoms with Crippen molar-refractivity contribution < 1.29 is 9.47 Å². The summed E-state index contributed by atoms with van der Waals surface area (Å²) in [5.74, 6) is 1.26. The van der Waals surface area contributed by atoms with E-state index in [1.54, 1.807) is 19.2 Å². The zero-order valence-electron chi connectivity index (χ0n) is 8.49. The van der Waals surface area contributed by atoms with Gasteiger partial charge in [-0.1, -0.05) is 0 Å². The molecule has 4 nitrogen and oxygen atoms in total. The van der Waals surface area contributed by atoms with Crippen LogP contribution in [0.5, 0.6) is 11.5 Å². The highest BCUT2D eigenvalue weighted by Crippen LogP contribution is 2.40. The van der Waals surface area contributed by atoms with Crippen LogP contribution in [0.3, 0.4) is 0 Å². The molecular formula is C11H12N2O2. The van der Waals surface area contributed by atoms with Crippen LogP contribution in [-0.2, 0) is 0 Å². The third-order valence-corrected chi connectivity index (χ3v) is 2.55. The van der Waals surface area contributed by atoms with Gasteiger partial charge in [0.05, 0.1) is 25.3 Å². The van der Waals surface area contributed by atoms with E-state index in [0.717, 1.165) is 12.0 Å². The summed E-state index contributed by atoms with van der Waals surface area (Å²) in [6, 6.07) is 5.43. The van der Waals surface area contributed by atoms with E-state index in [1.807, 2.05) is 0 Å². The number of nitrogens with zero attached hydrogens (tertiary/aromatic N) is 1. The van der Waals surface area contributed by atoms with Gasteiger partial charge in [-0.3, -0.25) is 0 Å². The third-order valence-electron chi connectivity index (χ3n) is 2.55. The Kier molecular flexibility index (Phi) is 2.48. The highest BCUT2D eigenvalue weighted by Gasteiger charge is 2.24. The number of nitrogens with two attached hydrogens (primary N) is 1. The Morgan fingerprint density at radius 3 is 3.07 bits per heavy atom. The average molecular weight is 204 g/mol. The number of nitriles is 1. The molecule has 1 aliphatic rings. The molecule has 0 aliphatic carbocycles. The monoisotopic (exact) mass is 204 g/mol. The highest BCUT2D eigenvalue weighted by molar-refractivity contribution is 5.56. The van der Waals surface area contributed by atoms with Crippen LogP contribution in [-0.4, -0.2) is 13.7 Å². The molecular weight excluding hydrogens is 192 g/mol. The summed E-state index contributed by atoms with van der Waals surface area (Å²) in [6.07, 6.45) is 0.731. The van der Waals surface area contributed by atoms with Crippen LogP contribution in [0.1, 0.15) is 23.6 Å². The fourth-order valence-corrected chi connectivity index (χ4v) is 1.79. The summed E-state index contributed by atoms with van der Waals surface area (Å²) in [5.41, 5.74) is 7.29. The van der Waals surface area contributed by atoms with Crippen molar-refractivity contribution in [2.45, 2.75) is 12.5 Å². The minimum absolute atomic E-state index is 0.140. The highest BCUT2D eigenvalue weighted by atomic mass is 16.5. The second-order valence-electron chi connectivity index (χ2n) is 3.41. The summed E-state index contributed by atoms with van der Waals surface area (Å²) in [4.78, 5) is 0. The molecule has 2 N–H and O–H groups in total. The number of rotatable bonds is 1. The maximum absolute atomic E-state index is 8.97. The van der Waals surface area contributed by atoms with Crippen molar-refractivity contribution in [2.75, 3.05) is 13.7 Å². The van der Waals surface area contributed by atoms with Gasteiger partial charge < -0.3 is 15.2 Å². The van der Waals surface area contributed by atoms with Crippen molar-refractivity contribution in [2.24, 2.45) is 5.73 Å². The van der Waals surface area contributed by atoms with Crippen molar-refractivity contribution in [3.8, 4) is 17.6 Å². The Balaban J connectivity index is 2.63. The molecule has 0 fully saturated rings. The topological polar surface area (TPSA) is 68.3 Å². The first-order valence-corrected chi connectivity index (χ1v) is 4.77. The molecule has 78 valence electrons. The molecule has 1 aliphatic heterocycles. The summed E-state index contributed by atoms with van der Waals surface area (Å²) >= 11 is 0. The number of methoxy groups -OCH3 is 1. The lowest BCUT2D eigenvalue weighted by atomic mass is 9.96. The van der Waals surface area contributed by atoms with Crippen molar-refractivity contribution in [1.29, 1.82) is 5.26 Å². The van der Waals surface area contributed by atoms with Gasteiger partial charge in [-0.2, -0.15) is 5.26 Å². The average Bonchev–Trinajstić information content (AvgIpc) is 2.28. The SMILES string of the molecule is COc1ccc(C#N)c2c1OCC[C@H]2N. The number of hydrogen-bond donors (Lipinski definition) is 1. The molecule has 0 amide bonds. The molecule has 15 heavy (non-hydrogen) atoms. The summed E-state index contributed by atoms with van der Waals surface area (Å²) < 4.78 is 10.7. The molecule has 1 heterocycles. The first-order chi connectivity index (χ1) is 7.27. The van der Waals surface area contributed by atoms with E-state index in [9.17, 15) is 0 Å². The Morgan fingerprint density at radius 2 is 2.40 bits per heavy atom. The van der Waals surface area contributed by atoms with Crippen LogP contribution in [0.25, 0.3) is 0 Å². The van der Waals surface area contributed by atoms with E-state index >= 15 is 0 Å². The molecule has 1 aromatic rings. The Hall–Kier alpha value is -1.73. The largest absolute Gasteiger partial charge is 0.493 e. The molecule has 0 saturated carbocycles. The van der Waals surface area contributed by atoms with Crippen molar-refractivity contribution in [3.63, 3.8) is 0 Å². The minimum Gasteiger partial charge on any atom is -0.493 e. The van der Waals surface area contributed by atoms with E-state index in [-0.39, 0.29) is 6.04 Å². The van der Waals surface area contributed by atoms with Gasteiger partial charge in [-0.25, -0.2) is 0 Å².